The summed E-state index contributed by atoms with van der Waals surface area (Å²) in [5.74, 6) is 0.163. The molecule has 0 unspecified atom stereocenters. The van der Waals surface area contributed by atoms with Gasteiger partial charge in [0.15, 0.2) is 6.61 Å². The lowest BCUT2D eigenvalue weighted by Crippen LogP contribution is -2.20. The van der Waals surface area contributed by atoms with E-state index in [1.54, 1.807) is 18.2 Å². The summed E-state index contributed by atoms with van der Waals surface area (Å²) >= 11 is 11.8. The summed E-state index contributed by atoms with van der Waals surface area (Å²) in [6, 6.07) is 18.5. The van der Waals surface area contributed by atoms with Crippen molar-refractivity contribution in [3.63, 3.8) is 0 Å². The van der Waals surface area contributed by atoms with E-state index in [0.717, 1.165) is 16.5 Å². The number of anilines is 1. The van der Waals surface area contributed by atoms with E-state index in [1.807, 2.05) is 42.5 Å². The number of nitrogens with one attached hydrogen (secondary N) is 1. The number of hydrogen-bond donors (Lipinski definition) is 1. The second kappa shape index (κ2) is 6.90. The molecule has 0 spiro atoms. The third kappa shape index (κ3) is 3.95. The largest absolute Gasteiger partial charge is 0.482 e. The molecule has 3 rings (SSSR count). The maximum absolute atomic E-state index is 12.0. The van der Waals surface area contributed by atoms with Crippen LogP contribution in [0.2, 0.25) is 10.0 Å². The van der Waals surface area contributed by atoms with Crippen LogP contribution in [0, 0.1) is 0 Å². The molecule has 0 atom stereocenters. The molecule has 3 aromatic carbocycles. The maximum atomic E-state index is 12.0. The van der Waals surface area contributed by atoms with Gasteiger partial charge in [-0.25, -0.2) is 0 Å². The van der Waals surface area contributed by atoms with Crippen molar-refractivity contribution in [3.05, 3.63) is 70.7 Å². The number of carbonyl (C=O) groups is 1. The Kier molecular flexibility index (Phi) is 4.70. The average molecular weight is 346 g/mol. The van der Waals surface area contributed by atoms with Crippen molar-refractivity contribution < 1.29 is 9.53 Å². The average Bonchev–Trinajstić information content (AvgIpc) is 2.54. The molecule has 0 aliphatic carbocycles. The Morgan fingerprint density at radius 2 is 1.74 bits per heavy atom. The molecule has 23 heavy (non-hydrogen) atoms. The minimum atomic E-state index is -0.258. The molecular weight excluding hydrogens is 333 g/mol. The van der Waals surface area contributed by atoms with Crippen LogP contribution in [-0.4, -0.2) is 12.5 Å². The molecule has 1 amide bonds. The number of rotatable bonds is 4. The quantitative estimate of drug-likeness (QED) is 0.708. The van der Waals surface area contributed by atoms with Gasteiger partial charge in [0.25, 0.3) is 5.91 Å². The van der Waals surface area contributed by atoms with Gasteiger partial charge in [0.2, 0.25) is 0 Å². The number of halogens is 2. The molecule has 0 aliphatic rings. The van der Waals surface area contributed by atoms with E-state index in [0.29, 0.717) is 15.8 Å². The molecule has 0 fully saturated rings. The molecule has 0 bridgehead atoms. The van der Waals surface area contributed by atoms with Crippen molar-refractivity contribution in [3.8, 4) is 5.75 Å². The summed E-state index contributed by atoms with van der Waals surface area (Å²) < 4.78 is 5.41. The number of hydrogen-bond acceptors (Lipinski definition) is 2. The van der Waals surface area contributed by atoms with Gasteiger partial charge in [-0.15, -0.1) is 0 Å². The summed E-state index contributed by atoms with van der Waals surface area (Å²) in [6.45, 7) is -0.131. The monoisotopic (exact) mass is 345 g/mol. The van der Waals surface area contributed by atoms with Crippen LogP contribution in [-0.2, 0) is 4.79 Å². The molecule has 5 heteroatoms. The van der Waals surface area contributed by atoms with Crippen molar-refractivity contribution in [2.45, 2.75) is 0 Å². The third-order valence-corrected chi connectivity index (χ3v) is 3.82. The summed E-state index contributed by atoms with van der Waals surface area (Å²) in [5.41, 5.74) is 0.722. The third-order valence-electron chi connectivity index (χ3n) is 3.29. The highest BCUT2D eigenvalue weighted by Crippen LogP contribution is 2.27. The van der Waals surface area contributed by atoms with Gasteiger partial charge in [0.1, 0.15) is 5.75 Å². The molecule has 0 radical (unpaired) electrons. The van der Waals surface area contributed by atoms with Crippen molar-refractivity contribution >= 4 is 45.6 Å². The molecular formula is C18H13Cl2NO2. The molecule has 3 aromatic rings. The van der Waals surface area contributed by atoms with Crippen LogP contribution in [0.3, 0.4) is 0 Å². The van der Waals surface area contributed by atoms with Crippen LogP contribution in [0.15, 0.2) is 60.7 Å². The van der Waals surface area contributed by atoms with E-state index in [2.05, 4.69) is 5.32 Å². The highest BCUT2D eigenvalue weighted by Gasteiger charge is 2.07. The van der Waals surface area contributed by atoms with Crippen molar-refractivity contribution in [1.82, 2.24) is 0 Å². The Morgan fingerprint density at radius 1 is 0.957 bits per heavy atom. The smallest absolute Gasteiger partial charge is 0.262 e. The van der Waals surface area contributed by atoms with E-state index in [1.165, 1.54) is 0 Å². The molecule has 0 heterocycles. The number of ether oxygens (including phenoxy) is 1. The first-order valence-corrected chi connectivity index (χ1v) is 7.74. The van der Waals surface area contributed by atoms with Crippen molar-refractivity contribution in [2.24, 2.45) is 0 Å². The fourth-order valence-electron chi connectivity index (χ4n) is 2.20. The molecule has 0 aromatic heterocycles. The van der Waals surface area contributed by atoms with Gasteiger partial charge in [0, 0.05) is 10.7 Å². The van der Waals surface area contributed by atoms with Gasteiger partial charge in [-0.1, -0.05) is 53.5 Å². The Hall–Kier alpha value is -2.23. The van der Waals surface area contributed by atoms with Crippen molar-refractivity contribution in [2.75, 3.05) is 11.9 Å². The van der Waals surface area contributed by atoms with E-state index >= 15 is 0 Å². The first-order valence-electron chi connectivity index (χ1n) is 6.98. The molecule has 0 saturated carbocycles. The second-order valence-electron chi connectivity index (χ2n) is 4.97. The summed E-state index contributed by atoms with van der Waals surface area (Å²) in [4.78, 5) is 12.0. The SMILES string of the molecule is O=C(COc1ccc(Cl)cc1Cl)Nc1ccc2ccccc2c1. The van der Waals surface area contributed by atoms with Gasteiger partial charge in [0.05, 0.1) is 5.02 Å². The van der Waals surface area contributed by atoms with Crippen LogP contribution in [0.5, 0.6) is 5.75 Å². The number of fused-ring (bicyclic) bond motifs is 1. The van der Waals surface area contributed by atoms with E-state index in [4.69, 9.17) is 27.9 Å². The summed E-state index contributed by atoms with van der Waals surface area (Å²) in [7, 11) is 0. The molecule has 0 aliphatic heterocycles. The molecule has 3 nitrogen and oxygen atoms in total. The lowest BCUT2D eigenvalue weighted by molar-refractivity contribution is -0.118. The van der Waals surface area contributed by atoms with Crippen LogP contribution in [0.25, 0.3) is 10.8 Å². The van der Waals surface area contributed by atoms with Gasteiger partial charge < -0.3 is 10.1 Å². The van der Waals surface area contributed by atoms with Crippen molar-refractivity contribution in [1.29, 1.82) is 0 Å². The maximum Gasteiger partial charge on any atom is 0.262 e. The van der Waals surface area contributed by atoms with Gasteiger partial charge in [-0.05, 0) is 41.1 Å². The Bertz CT molecular complexity index is 865. The zero-order valence-corrected chi connectivity index (χ0v) is 13.6. The van der Waals surface area contributed by atoms with Crippen LogP contribution in [0.4, 0.5) is 5.69 Å². The van der Waals surface area contributed by atoms with Gasteiger partial charge in [-0.2, -0.15) is 0 Å². The summed E-state index contributed by atoms with van der Waals surface area (Å²) in [5, 5.41) is 5.87. The van der Waals surface area contributed by atoms with Crippen LogP contribution in [0.1, 0.15) is 0 Å². The van der Waals surface area contributed by atoms with E-state index < -0.39 is 0 Å². The minimum Gasteiger partial charge on any atom is -0.482 e. The predicted molar refractivity (Wildman–Crippen MR) is 94.5 cm³/mol. The lowest BCUT2D eigenvalue weighted by atomic mass is 10.1. The number of benzene rings is 3. The first kappa shape index (κ1) is 15.7. The highest BCUT2D eigenvalue weighted by molar-refractivity contribution is 6.35. The topological polar surface area (TPSA) is 38.3 Å². The zero-order chi connectivity index (χ0) is 16.2. The Balaban J connectivity index is 1.64. The molecule has 116 valence electrons. The standard InChI is InChI=1S/C18H13Cl2NO2/c19-14-6-8-17(16(20)10-14)23-11-18(22)21-15-7-5-12-3-1-2-4-13(12)9-15/h1-10H,11H2,(H,21,22). The van der Waals surface area contributed by atoms with Gasteiger partial charge >= 0.3 is 0 Å². The molecule has 1 N–H and O–H groups in total. The second-order valence-corrected chi connectivity index (χ2v) is 5.82. The highest BCUT2D eigenvalue weighted by atomic mass is 35.5. The van der Waals surface area contributed by atoms with E-state index in [-0.39, 0.29) is 12.5 Å². The van der Waals surface area contributed by atoms with Crippen LogP contribution >= 0.6 is 23.2 Å². The van der Waals surface area contributed by atoms with Crippen LogP contribution < -0.4 is 10.1 Å². The number of amides is 1. The predicted octanol–water partition coefficient (Wildman–Crippen LogP) is 5.16. The minimum absolute atomic E-state index is 0.131. The Labute approximate surface area is 143 Å². The number of carbonyl (C=O) groups excluding carboxylic acids is 1. The zero-order valence-electron chi connectivity index (χ0n) is 12.1. The van der Waals surface area contributed by atoms with E-state index in [9.17, 15) is 4.79 Å². The molecule has 0 saturated heterocycles. The fourth-order valence-corrected chi connectivity index (χ4v) is 2.66. The van der Waals surface area contributed by atoms with Gasteiger partial charge in [-0.3, -0.25) is 4.79 Å². The lowest BCUT2D eigenvalue weighted by Gasteiger charge is -2.09. The summed E-state index contributed by atoms with van der Waals surface area (Å²) in [6.07, 6.45) is 0. The first-order chi connectivity index (χ1) is 11.1. The normalized spacial score (nSPS) is 10.5. The fraction of sp³-hybridized carbons (Fsp3) is 0.0556. The Morgan fingerprint density at radius 3 is 2.52 bits per heavy atom.